The number of carbonyl (C=O) groups is 1. The molecule has 1 heterocycles. The zero-order valence-corrected chi connectivity index (χ0v) is 7.69. The predicted molar refractivity (Wildman–Crippen MR) is 50.6 cm³/mol. The van der Waals surface area contributed by atoms with Gasteiger partial charge in [0.1, 0.15) is 11.8 Å². The minimum atomic E-state index is 0.241. The first-order valence-corrected chi connectivity index (χ1v) is 4.32. The maximum atomic E-state index is 10.5. The van der Waals surface area contributed by atoms with E-state index in [-0.39, 0.29) is 6.08 Å². The van der Waals surface area contributed by atoms with Crippen molar-refractivity contribution >= 4 is 17.4 Å². The number of aromatic nitrogens is 1. The Morgan fingerprint density at radius 1 is 1.57 bits per heavy atom. The van der Waals surface area contributed by atoms with Crippen molar-refractivity contribution in [3.63, 3.8) is 0 Å². The number of nitrogens with zero attached hydrogens (tertiary/aromatic N) is 1. The summed E-state index contributed by atoms with van der Waals surface area (Å²) in [5.41, 5.74) is 1.83. The molecule has 14 heavy (non-hydrogen) atoms. The average molecular weight is 191 g/mol. The summed E-state index contributed by atoms with van der Waals surface area (Å²) in [6, 6.07) is 5.05. The highest BCUT2D eigenvalue weighted by Crippen LogP contribution is 2.20. The minimum absolute atomic E-state index is 0.241. The van der Waals surface area contributed by atoms with Crippen molar-refractivity contribution in [1.82, 2.24) is 4.98 Å². The summed E-state index contributed by atoms with van der Waals surface area (Å²) >= 11 is 0. The Kier molecular flexibility index (Phi) is 2.18. The molecule has 0 radical (unpaired) electrons. The summed E-state index contributed by atoms with van der Waals surface area (Å²) in [6.45, 7) is 2.36. The fraction of sp³-hybridized carbons (Fsp3) is 0.200. The van der Waals surface area contributed by atoms with Crippen LogP contribution in [0.2, 0.25) is 0 Å². The Morgan fingerprint density at radius 2 is 2.43 bits per heavy atom. The number of aldehydes is 1. The molecule has 0 N–H and O–H groups in total. The van der Waals surface area contributed by atoms with Crippen LogP contribution in [-0.4, -0.2) is 17.9 Å². The van der Waals surface area contributed by atoms with Gasteiger partial charge >= 0.3 is 6.08 Å². The van der Waals surface area contributed by atoms with Crippen molar-refractivity contribution < 1.29 is 13.9 Å². The summed E-state index contributed by atoms with van der Waals surface area (Å²) in [4.78, 5) is 14.6. The number of carbonyl (C=O) groups excluding carboxylic acids is 1. The Hall–Kier alpha value is -1.84. The van der Waals surface area contributed by atoms with Crippen molar-refractivity contribution in [2.75, 3.05) is 6.61 Å². The molecule has 0 aliphatic rings. The first-order valence-electron chi connectivity index (χ1n) is 4.32. The maximum Gasteiger partial charge on any atom is 0.394 e. The summed E-state index contributed by atoms with van der Waals surface area (Å²) in [7, 11) is 0. The number of fused-ring (bicyclic) bond motifs is 1. The molecule has 0 bridgehead atoms. The topological polar surface area (TPSA) is 52.3 Å². The Bertz CT molecular complexity index is 461. The highest BCUT2D eigenvalue weighted by atomic mass is 16.6. The third-order valence-corrected chi connectivity index (χ3v) is 1.80. The maximum absolute atomic E-state index is 10.5. The minimum Gasteiger partial charge on any atom is -0.450 e. The van der Waals surface area contributed by atoms with E-state index in [1.165, 1.54) is 0 Å². The zero-order valence-electron chi connectivity index (χ0n) is 7.69. The van der Waals surface area contributed by atoms with E-state index < -0.39 is 0 Å². The number of hydrogen-bond acceptors (Lipinski definition) is 4. The Balaban J connectivity index is 2.48. The Morgan fingerprint density at radius 3 is 3.14 bits per heavy atom. The van der Waals surface area contributed by atoms with E-state index in [2.05, 4.69) is 4.98 Å². The monoisotopic (exact) mass is 191 g/mol. The lowest BCUT2D eigenvalue weighted by Crippen LogP contribution is -1.89. The third-order valence-electron chi connectivity index (χ3n) is 1.80. The second-order valence-corrected chi connectivity index (χ2v) is 2.76. The molecule has 4 heteroatoms. The van der Waals surface area contributed by atoms with Crippen LogP contribution in [0.5, 0.6) is 6.08 Å². The van der Waals surface area contributed by atoms with Crippen molar-refractivity contribution in [3.05, 3.63) is 23.8 Å². The molecule has 72 valence electrons. The van der Waals surface area contributed by atoms with Crippen LogP contribution in [0.15, 0.2) is 22.6 Å². The summed E-state index contributed by atoms with van der Waals surface area (Å²) in [5, 5.41) is 0. The molecule has 0 unspecified atom stereocenters. The van der Waals surface area contributed by atoms with Crippen LogP contribution in [-0.2, 0) is 0 Å². The van der Waals surface area contributed by atoms with Gasteiger partial charge in [-0.05, 0) is 25.1 Å². The average Bonchev–Trinajstić information content (AvgIpc) is 2.59. The normalized spacial score (nSPS) is 10.4. The molecule has 2 aromatic rings. The van der Waals surface area contributed by atoms with Gasteiger partial charge in [-0.15, -0.1) is 0 Å². The van der Waals surface area contributed by atoms with Gasteiger partial charge < -0.3 is 9.15 Å². The van der Waals surface area contributed by atoms with Gasteiger partial charge in [-0.2, -0.15) is 4.98 Å². The van der Waals surface area contributed by atoms with Gasteiger partial charge in [0.2, 0.25) is 0 Å². The second-order valence-electron chi connectivity index (χ2n) is 2.76. The van der Waals surface area contributed by atoms with Crippen LogP contribution < -0.4 is 4.74 Å². The quantitative estimate of drug-likeness (QED) is 0.696. The highest BCUT2D eigenvalue weighted by molar-refractivity contribution is 5.83. The standard InChI is InChI=1S/C10H9NO3/c1-2-13-10-11-8-4-3-7(6-12)5-9(8)14-10/h3-6H,2H2,1H3. The smallest absolute Gasteiger partial charge is 0.394 e. The number of ether oxygens (including phenoxy) is 1. The van der Waals surface area contributed by atoms with E-state index in [0.29, 0.717) is 23.3 Å². The van der Waals surface area contributed by atoms with E-state index in [1.54, 1.807) is 18.2 Å². The van der Waals surface area contributed by atoms with E-state index in [1.807, 2.05) is 6.92 Å². The zero-order chi connectivity index (χ0) is 9.97. The van der Waals surface area contributed by atoms with E-state index in [4.69, 9.17) is 9.15 Å². The molecule has 0 fully saturated rings. The summed E-state index contributed by atoms with van der Waals surface area (Å²) in [6.07, 6.45) is 1.01. The molecule has 2 rings (SSSR count). The van der Waals surface area contributed by atoms with Crippen LogP contribution in [0.4, 0.5) is 0 Å². The predicted octanol–water partition coefficient (Wildman–Crippen LogP) is 2.04. The molecule has 1 aromatic heterocycles. The first-order chi connectivity index (χ1) is 6.83. The third kappa shape index (κ3) is 1.46. The second kappa shape index (κ2) is 3.49. The summed E-state index contributed by atoms with van der Waals surface area (Å²) in [5.74, 6) is 0. The first kappa shape index (κ1) is 8.74. The lowest BCUT2D eigenvalue weighted by Gasteiger charge is -1.91. The van der Waals surface area contributed by atoms with Gasteiger partial charge in [0.05, 0.1) is 6.61 Å². The molecule has 4 nitrogen and oxygen atoms in total. The van der Waals surface area contributed by atoms with Gasteiger partial charge in [0, 0.05) is 5.56 Å². The molecule has 0 spiro atoms. The number of rotatable bonds is 3. The van der Waals surface area contributed by atoms with Gasteiger partial charge in [0.25, 0.3) is 0 Å². The molecular formula is C10H9NO3. The van der Waals surface area contributed by atoms with E-state index in [0.717, 1.165) is 6.29 Å². The van der Waals surface area contributed by atoms with Crippen LogP contribution in [0.25, 0.3) is 11.1 Å². The molecular weight excluding hydrogens is 182 g/mol. The molecule has 1 aromatic carbocycles. The molecule has 0 atom stereocenters. The van der Waals surface area contributed by atoms with E-state index in [9.17, 15) is 4.79 Å². The van der Waals surface area contributed by atoms with Crippen LogP contribution in [0.3, 0.4) is 0 Å². The highest BCUT2D eigenvalue weighted by Gasteiger charge is 2.06. The van der Waals surface area contributed by atoms with Crippen molar-refractivity contribution in [2.45, 2.75) is 6.92 Å². The van der Waals surface area contributed by atoms with Crippen molar-refractivity contribution in [2.24, 2.45) is 0 Å². The fourth-order valence-electron chi connectivity index (χ4n) is 1.18. The lowest BCUT2D eigenvalue weighted by molar-refractivity contribution is 0.112. The van der Waals surface area contributed by atoms with Crippen molar-refractivity contribution in [1.29, 1.82) is 0 Å². The molecule has 0 saturated heterocycles. The molecule has 0 amide bonds. The molecule has 0 aliphatic heterocycles. The van der Waals surface area contributed by atoms with Crippen LogP contribution in [0.1, 0.15) is 17.3 Å². The number of benzene rings is 1. The SMILES string of the molecule is CCOc1nc2ccc(C=O)cc2o1. The van der Waals surface area contributed by atoms with E-state index >= 15 is 0 Å². The summed E-state index contributed by atoms with van der Waals surface area (Å²) < 4.78 is 10.4. The molecule has 0 aliphatic carbocycles. The lowest BCUT2D eigenvalue weighted by atomic mass is 10.2. The van der Waals surface area contributed by atoms with Gasteiger partial charge in [-0.3, -0.25) is 4.79 Å². The van der Waals surface area contributed by atoms with Crippen LogP contribution >= 0.6 is 0 Å². The number of hydrogen-bond donors (Lipinski definition) is 0. The van der Waals surface area contributed by atoms with Crippen LogP contribution in [0, 0.1) is 0 Å². The Labute approximate surface area is 80.5 Å². The van der Waals surface area contributed by atoms with Gasteiger partial charge in [-0.1, -0.05) is 0 Å². The fourth-order valence-corrected chi connectivity index (χ4v) is 1.18. The molecule has 0 saturated carbocycles. The number of oxazole rings is 1. The van der Waals surface area contributed by atoms with Gasteiger partial charge in [0.15, 0.2) is 5.58 Å². The van der Waals surface area contributed by atoms with Crippen molar-refractivity contribution in [3.8, 4) is 6.08 Å². The largest absolute Gasteiger partial charge is 0.450 e. The van der Waals surface area contributed by atoms with Gasteiger partial charge in [-0.25, -0.2) is 0 Å².